The first-order chi connectivity index (χ1) is 14.5. The lowest BCUT2D eigenvalue weighted by Gasteiger charge is -2.10. The molecular weight excluding hydrogens is 422 g/mol. The highest BCUT2D eigenvalue weighted by Crippen LogP contribution is 2.37. The summed E-state index contributed by atoms with van der Waals surface area (Å²) in [5, 5.41) is 10.7. The number of ether oxygens (including phenoxy) is 2. The minimum atomic E-state index is -0.0648. The van der Waals surface area contributed by atoms with Gasteiger partial charge in [-0.2, -0.15) is 4.98 Å². The zero-order valence-corrected chi connectivity index (χ0v) is 18.6. The number of aryl methyl sites for hydroxylation is 1. The molecule has 0 aliphatic heterocycles. The molecule has 0 atom stereocenters. The summed E-state index contributed by atoms with van der Waals surface area (Å²) in [5.41, 5.74) is 13.4. The molecule has 10 heteroatoms. The van der Waals surface area contributed by atoms with Crippen molar-refractivity contribution in [3.05, 3.63) is 34.8 Å². The van der Waals surface area contributed by atoms with E-state index in [2.05, 4.69) is 16.9 Å². The van der Waals surface area contributed by atoms with E-state index in [0.29, 0.717) is 23.1 Å². The lowest BCUT2D eigenvalue weighted by Crippen LogP contribution is -2.03. The normalized spacial score (nSPS) is 10.9. The van der Waals surface area contributed by atoms with Crippen LogP contribution >= 0.6 is 23.1 Å². The summed E-state index contributed by atoms with van der Waals surface area (Å²) in [6, 6.07) is 7.42. The monoisotopic (exact) mass is 447 g/mol. The lowest BCUT2D eigenvalue weighted by atomic mass is 10.2. The van der Waals surface area contributed by atoms with Crippen molar-refractivity contribution < 1.29 is 14.6 Å². The fourth-order valence-corrected chi connectivity index (χ4v) is 4.95. The summed E-state index contributed by atoms with van der Waals surface area (Å²) in [6.07, 6.45) is 1.98. The van der Waals surface area contributed by atoms with Crippen LogP contribution in [0.5, 0.6) is 11.5 Å². The number of aliphatic hydroxyl groups is 1. The topological polar surface area (TPSA) is 129 Å². The molecule has 0 unspecified atom stereocenters. The summed E-state index contributed by atoms with van der Waals surface area (Å²) >= 11 is 3.20. The van der Waals surface area contributed by atoms with Gasteiger partial charge in [0.1, 0.15) is 22.5 Å². The van der Waals surface area contributed by atoms with Gasteiger partial charge in [0.15, 0.2) is 11.5 Å². The molecule has 0 amide bonds. The highest BCUT2D eigenvalue weighted by atomic mass is 32.2. The van der Waals surface area contributed by atoms with Crippen LogP contribution < -0.4 is 20.9 Å². The Morgan fingerprint density at radius 2 is 1.97 bits per heavy atom. The van der Waals surface area contributed by atoms with Crippen LogP contribution in [0.3, 0.4) is 0 Å². The van der Waals surface area contributed by atoms with Gasteiger partial charge in [-0.1, -0.05) is 25.1 Å². The van der Waals surface area contributed by atoms with Crippen molar-refractivity contribution in [1.82, 2.24) is 15.0 Å². The summed E-state index contributed by atoms with van der Waals surface area (Å²) in [5.74, 6) is 2.38. The van der Waals surface area contributed by atoms with Gasteiger partial charge in [-0.15, -0.1) is 11.3 Å². The Labute approximate surface area is 183 Å². The largest absolute Gasteiger partial charge is 0.493 e. The predicted octanol–water partition coefficient (Wildman–Crippen LogP) is 3.39. The predicted molar refractivity (Wildman–Crippen MR) is 121 cm³/mol. The van der Waals surface area contributed by atoms with Crippen LogP contribution in [0.4, 0.5) is 11.8 Å². The maximum atomic E-state index is 9.06. The molecule has 2 heterocycles. The molecule has 30 heavy (non-hydrogen) atoms. The van der Waals surface area contributed by atoms with Gasteiger partial charge < -0.3 is 26.0 Å². The number of nitrogens with zero attached hydrogens (tertiary/aromatic N) is 3. The zero-order valence-electron chi connectivity index (χ0n) is 16.9. The fourth-order valence-electron chi connectivity index (χ4n) is 2.80. The van der Waals surface area contributed by atoms with Crippen LogP contribution in [-0.4, -0.2) is 40.4 Å². The van der Waals surface area contributed by atoms with E-state index < -0.39 is 0 Å². The summed E-state index contributed by atoms with van der Waals surface area (Å²) in [4.78, 5) is 14.2. The average Bonchev–Trinajstić information content (AvgIpc) is 3.13. The van der Waals surface area contributed by atoms with Crippen LogP contribution in [-0.2, 0) is 12.2 Å². The van der Waals surface area contributed by atoms with Crippen molar-refractivity contribution in [2.75, 3.05) is 31.8 Å². The van der Waals surface area contributed by atoms with Gasteiger partial charge in [0, 0.05) is 22.3 Å². The Hall–Kier alpha value is -2.56. The molecule has 5 N–H and O–H groups in total. The fraction of sp³-hybridized carbons (Fsp3) is 0.350. The van der Waals surface area contributed by atoms with Crippen LogP contribution in [0.15, 0.2) is 29.3 Å². The van der Waals surface area contributed by atoms with Crippen LogP contribution in [0.25, 0.3) is 10.6 Å². The first-order valence-electron chi connectivity index (χ1n) is 9.47. The number of thiazole rings is 1. The molecule has 0 radical (unpaired) electrons. The van der Waals surface area contributed by atoms with E-state index in [1.807, 2.05) is 18.2 Å². The van der Waals surface area contributed by atoms with E-state index in [1.165, 1.54) is 16.6 Å². The second-order valence-corrected chi connectivity index (χ2v) is 8.43. The molecular formula is C20H25N5O3S2. The number of nitrogens with two attached hydrogens (primary N) is 2. The molecule has 0 aliphatic rings. The van der Waals surface area contributed by atoms with E-state index in [4.69, 9.17) is 31.0 Å². The maximum absolute atomic E-state index is 9.06. The molecule has 1 aromatic carbocycles. The Balaban J connectivity index is 1.86. The summed E-state index contributed by atoms with van der Waals surface area (Å²) < 4.78 is 11.0. The highest BCUT2D eigenvalue weighted by molar-refractivity contribution is 7.98. The molecule has 8 nitrogen and oxygen atoms in total. The van der Waals surface area contributed by atoms with Crippen molar-refractivity contribution in [1.29, 1.82) is 0 Å². The van der Waals surface area contributed by atoms with Gasteiger partial charge in [-0.25, -0.2) is 9.97 Å². The average molecular weight is 448 g/mol. The van der Waals surface area contributed by atoms with Crippen molar-refractivity contribution in [3.63, 3.8) is 0 Å². The third-order valence-electron chi connectivity index (χ3n) is 4.11. The van der Waals surface area contributed by atoms with Gasteiger partial charge >= 0.3 is 0 Å². The van der Waals surface area contributed by atoms with E-state index >= 15 is 0 Å². The molecule has 0 saturated heterocycles. The first kappa shape index (κ1) is 22.1. The van der Waals surface area contributed by atoms with Gasteiger partial charge in [0.2, 0.25) is 5.95 Å². The molecule has 3 aromatic rings. The maximum Gasteiger partial charge on any atom is 0.223 e. The Morgan fingerprint density at radius 1 is 1.13 bits per heavy atom. The van der Waals surface area contributed by atoms with Gasteiger partial charge in [-0.3, -0.25) is 0 Å². The molecule has 2 aromatic heterocycles. The van der Waals surface area contributed by atoms with Crippen LogP contribution in [0.2, 0.25) is 0 Å². The minimum absolute atomic E-state index is 0.0648. The smallest absolute Gasteiger partial charge is 0.223 e. The number of hydrogen-bond acceptors (Lipinski definition) is 10. The van der Waals surface area contributed by atoms with Gasteiger partial charge in [-0.05, 0) is 24.6 Å². The molecule has 0 spiro atoms. The molecule has 0 aliphatic carbocycles. The zero-order chi connectivity index (χ0) is 21.5. The Bertz CT molecular complexity index is 976. The molecule has 0 bridgehead atoms. The molecule has 0 fully saturated rings. The molecule has 3 rings (SSSR count). The van der Waals surface area contributed by atoms with E-state index in [1.54, 1.807) is 24.5 Å². The Morgan fingerprint density at radius 3 is 2.67 bits per heavy atom. The number of methoxy groups -OCH3 is 1. The van der Waals surface area contributed by atoms with Crippen molar-refractivity contribution >= 4 is 34.9 Å². The number of hydrogen-bond donors (Lipinski definition) is 3. The SMILES string of the molecule is CCCc1sc(-c2ccc(OC)c(OCCO)c2)nc1CSc1cc(N)nc(N)n1. The van der Waals surface area contributed by atoms with E-state index in [9.17, 15) is 0 Å². The second kappa shape index (κ2) is 10.5. The van der Waals surface area contributed by atoms with Gasteiger partial charge in [0.25, 0.3) is 0 Å². The standard InChI is InChI=1S/C20H25N5O3S2/c1-3-4-16-13(11-29-18-10-17(21)24-20(22)25-18)23-19(30-16)12-5-6-14(27-2)15(9-12)28-8-7-26/h5-6,9-10,26H,3-4,7-8,11H2,1-2H3,(H4,21,22,24,25). The van der Waals surface area contributed by atoms with Crippen molar-refractivity contribution in [2.24, 2.45) is 0 Å². The summed E-state index contributed by atoms with van der Waals surface area (Å²) in [6.45, 7) is 2.28. The van der Waals surface area contributed by atoms with Crippen LogP contribution in [0.1, 0.15) is 23.9 Å². The quantitative estimate of drug-likeness (QED) is 0.316. The number of thioether (sulfide) groups is 1. The number of aliphatic hydroxyl groups excluding tert-OH is 1. The number of rotatable bonds is 10. The highest BCUT2D eigenvalue weighted by Gasteiger charge is 2.15. The van der Waals surface area contributed by atoms with E-state index in [-0.39, 0.29) is 19.2 Å². The minimum Gasteiger partial charge on any atom is -0.493 e. The first-order valence-corrected chi connectivity index (χ1v) is 11.3. The third-order valence-corrected chi connectivity index (χ3v) is 6.24. The second-order valence-electron chi connectivity index (χ2n) is 6.35. The van der Waals surface area contributed by atoms with Crippen LogP contribution in [0, 0.1) is 0 Å². The number of nitrogen functional groups attached to an aromatic ring is 2. The lowest BCUT2D eigenvalue weighted by molar-refractivity contribution is 0.196. The Kier molecular flexibility index (Phi) is 7.72. The number of benzene rings is 1. The molecule has 160 valence electrons. The summed E-state index contributed by atoms with van der Waals surface area (Å²) in [7, 11) is 1.59. The molecule has 0 saturated carbocycles. The van der Waals surface area contributed by atoms with E-state index in [0.717, 1.165) is 34.1 Å². The number of aromatic nitrogens is 3. The number of anilines is 2. The van der Waals surface area contributed by atoms with Gasteiger partial charge in [0.05, 0.1) is 19.4 Å². The van der Waals surface area contributed by atoms with Crippen molar-refractivity contribution in [3.8, 4) is 22.1 Å². The van der Waals surface area contributed by atoms with Crippen molar-refractivity contribution in [2.45, 2.75) is 30.5 Å². The third kappa shape index (κ3) is 5.53.